The molecule has 21 heavy (non-hydrogen) atoms. The summed E-state index contributed by atoms with van der Waals surface area (Å²) in [4.78, 5) is 16.9. The summed E-state index contributed by atoms with van der Waals surface area (Å²) in [6.07, 6.45) is 2.07. The molecular weight excluding hydrogens is 352 g/mol. The predicted octanol–water partition coefficient (Wildman–Crippen LogP) is 4.05. The number of amides is 1. The standard InChI is InChI=1S/C16H22BrClN2O/c1-11(2)20-8-6-13(7-9-20)19(3)16(21)12-4-5-15(18)14(17)10-12/h4-5,10-11,13H,6-9H2,1-3H3. The van der Waals surface area contributed by atoms with Crippen molar-refractivity contribution in [3.05, 3.63) is 33.3 Å². The molecule has 3 nitrogen and oxygen atoms in total. The van der Waals surface area contributed by atoms with Gasteiger partial charge in [0.25, 0.3) is 5.91 Å². The molecular formula is C16H22BrClN2O. The van der Waals surface area contributed by atoms with E-state index in [1.807, 2.05) is 11.9 Å². The SMILES string of the molecule is CC(C)N1CCC(N(C)C(=O)c2ccc(Cl)c(Br)c2)CC1. The fourth-order valence-electron chi connectivity index (χ4n) is 2.79. The van der Waals surface area contributed by atoms with Crippen molar-refractivity contribution in [2.45, 2.75) is 38.8 Å². The molecule has 0 spiro atoms. The van der Waals surface area contributed by atoms with Gasteiger partial charge in [0.1, 0.15) is 0 Å². The molecule has 0 atom stereocenters. The van der Waals surface area contributed by atoms with E-state index >= 15 is 0 Å². The third-order valence-electron chi connectivity index (χ3n) is 4.26. The minimum Gasteiger partial charge on any atom is -0.339 e. The van der Waals surface area contributed by atoms with Crippen molar-refractivity contribution in [1.82, 2.24) is 9.80 Å². The molecule has 0 aliphatic carbocycles. The van der Waals surface area contributed by atoms with Crippen molar-refractivity contribution < 1.29 is 4.79 Å². The van der Waals surface area contributed by atoms with E-state index in [0.29, 0.717) is 22.7 Å². The van der Waals surface area contributed by atoms with Gasteiger partial charge in [-0.1, -0.05) is 11.6 Å². The maximum absolute atomic E-state index is 12.6. The number of likely N-dealkylation sites (tertiary alicyclic amines) is 1. The molecule has 1 heterocycles. The zero-order chi connectivity index (χ0) is 15.6. The van der Waals surface area contributed by atoms with Gasteiger partial charge in [0.15, 0.2) is 0 Å². The van der Waals surface area contributed by atoms with Crippen LogP contribution < -0.4 is 0 Å². The molecule has 1 aromatic carbocycles. The molecule has 1 aliphatic heterocycles. The Bertz CT molecular complexity index is 513. The molecule has 1 aromatic rings. The highest BCUT2D eigenvalue weighted by Gasteiger charge is 2.26. The van der Waals surface area contributed by atoms with E-state index in [2.05, 4.69) is 34.7 Å². The number of nitrogens with zero attached hydrogens (tertiary/aromatic N) is 2. The summed E-state index contributed by atoms with van der Waals surface area (Å²) in [5.74, 6) is 0.0652. The Hall–Kier alpha value is -0.580. The van der Waals surface area contributed by atoms with Crippen molar-refractivity contribution >= 4 is 33.4 Å². The molecule has 1 fully saturated rings. The van der Waals surface area contributed by atoms with E-state index in [1.54, 1.807) is 18.2 Å². The largest absolute Gasteiger partial charge is 0.339 e. The molecule has 5 heteroatoms. The molecule has 0 aromatic heterocycles. The van der Waals surface area contributed by atoms with E-state index < -0.39 is 0 Å². The summed E-state index contributed by atoms with van der Waals surface area (Å²) in [7, 11) is 1.90. The minimum atomic E-state index is 0.0652. The van der Waals surface area contributed by atoms with Crippen LogP contribution in [-0.2, 0) is 0 Å². The number of carbonyl (C=O) groups is 1. The molecule has 1 saturated heterocycles. The third kappa shape index (κ3) is 3.99. The number of hydrogen-bond acceptors (Lipinski definition) is 2. The second kappa shape index (κ2) is 7.12. The molecule has 0 bridgehead atoms. The van der Waals surface area contributed by atoms with Crippen LogP contribution in [0.25, 0.3) is 0 Å². The Morgan fingerprint density at radius 2 is 2.00 bits per heavy atom. The van der Waals surface area contributed by atoms with Crippen LogP contribution in [0.3, 0.4) is 0 Å². The highest BCUT2D eigenvalue weighted by Crippen LogP contribution is 2.25. The van der Waals surface area contributed by atoms with Gasteiger partial charge in [-0.25, -0.2) is 0 Å². The Balaban J connectivity index is 2.01. The van der Waals surface area contributed by atoms with Crippen LogP contribution >= 0.6 is 27.5 Å². The highest BCUT2D eigenvalue weighted by atomic mass is 79.9. The normalized spacial score (nSPS) is 17.2. The molecule has 1 amide bonds. The van der Waals surface area contributed by atoms with Gasteiger partial charge in [-0.3, -0.25) is 4.79 Å². The van der Waals surface area contributed by atoms with Crippen LogP contribution in [0, 0.1) is 0 Å². The molecule has 0 radical (unpaired) electrons. The molecule has 0 saturated carbocycles. The quantitative estimate of drug-likeness (QED) is 0.798. The summed E-state index contributed by atoms with van der Waals surface area (Å²) >= 11 is 9.36. The van der Waals surface area contributed by atoms with Gasteiger partial charge in [-0.05, 0) is 60.8 Å². The lowest BCUT2D eigenvalue weighted by atomic mass is 10.0. The van der Waals surface area contributed by atoms with E-state index in [0.717, 1.165) is 30.4 Å². The van der Waals surface area contributed by atoms with Crippen molar-refractivity contribution in [3.63, 3.8) is 0 Å². The average Bonchev–Trinajstić information content (AvgIpc) is 2.48. The van der Waals surface area contributed by atoms with Crippen LogP contribution in [0.2, 0.25) is 5.02 Å². The maximum atomic E-state index is 12.6. The molecule has 116 valence electrons. The van der Waals surface area contributed by atoms with E-state index in [-0.39, 0.29) is 5.91 Å². The lowest BCUT2D eigenvalue weighted by molar-refractivity contribution is 0.0615. The highest BCUT2D eigenvalue weighted by molar-refractivity contribution is 9.10. The van der Waals surface area contributed by atoms with Gasteiger partial charge in [0.2, 0.25) is 0 Å². The number of rotatable bonds is 3. The molecule has 2 rings (SSSR count). The lowest BCUT2D eigenvalue weighted by Gasteiger charge is -2.38. The smallest absolute Gasteiger partial charge is 0.253 e. The fraction of sp³-hybridized carbons (Fsp3) is 0.562. The van der Waals surface area contributed by atoms with E-state index in [9.17, 15) is 4.79 Å². The zero-order valence-electron chi connectivity index (χ0n) is 12.8. The summed E-state index contributed by atoms with van der Waals surface area (Å²) < 4.78 is 0.762. The molecule has 0 N–H and O–H groups in total. The second-order valence-corrected chi connectivity index (χ2v) is 7.17. The van der Waals surface area contributed by atoms with E-state index in [4.69, 9.17) is 11.6 Å². The minimum absolute atomic E-state index is 0.0652. The van der Waals surface area contributed by atoms with Gasteiger partial charge in [0.05, 0.1) is 5.02 Å². The second-order valence-electron chi connectivity index (χ2n) is 5.91. The Morgan fingerprint density at radius 3 is 2.52 bits per heavy atom. The van der Waals surface area contributed by atoms with Crippen molar-refractivity contribution in [1.29, 1.82) is 0 Å². The van der Waals surface area contributed by atoms with Crippen LogP contribution in [-0.4, -0.2) is 47.9 Å². The van der Waals surface area contributed by atoms with Gasteiger partial charge in [-0.15, -0.1) is 0 Å². The summed E-state index contributed by atoms with van der Waals surface area (Å²) in [6.45, 7) is 6.56. The van der Waals surface area contributed by atoms with Crippen molar-refractivity contribution in [3.8, 4) is 0 Å². The summed E-state index contributed by atoms with van der Waals surface area (Å²) in [5.41, 5.74) is 0.681. The Kier molecular flexibility index (Phi) is 5.69. The van der Waals surface area contributed by atoms with Gasteiger partial charge in [0, 0.05) is 42.3 Å². The maximum Gasteiger partial charge on any atom is 0.253 e. The number of hydrogen-bond donors (Lipinski definition) is 0. The van der Waals surface area contributed by atoms with E-state index in [1.165, 1.54) is 0 Å². The predicted molar refractivity (Wildman–Crippen MR) is 91.0 cm³/mol. The molecule has 1 aliphatic rings. The zero-order valence-corrected chi connectivity index (χ0v) is 15.1. The summed E-state index contributed by atoms with van der Waals surface area (Å²) in [6, 6.07) is 6.24. The number of benzene rings is 1. The van der Waals surface area contributed by atoms with Crippen LogP contribution in [0.15, 0.2) is 22.7 Å². The van der Waals surface area contributed by atoms with Gasteiger partial charge >= 0.3 is 0 Å². The van der Waals surface area contributed by atoms with Gasteiger partial charge < -0.3 is 9.80 Å². The first-order valence-electron chi connectivity index (χ1n) is 7.36. The Morgan fingerprint density at radius 1 is 1.38 bits per heavy atom. The fourth-order valence-corrected chi connectivity index (χ4v) is 3.28. The van der Waals surface area contributed by atoms with Crippen LogP contribution in [0.5, 0.6) is 0 Å². The first-order valence-corrected chi connectivity index (χ1v) is 8.53. The lowest BCUT2D eigenvalue weighted by Crippen LogP contribution is -2.47. The van der Waals surface area contributed by atoms with Crippen LogP contribution in [0.4, 0.5) is 0 Å². The average molecular weight is 374 g/mol. The third-order valence-corrected chi connectivity index (χ3v) is 5.48. The van der Waals surface area contributed by atoms with Gasteiger partial charge in [-0.2, -0.15) is 0 Å². The monoisotopic (exact) mass is 372 g/mol. The molecule has 0 unspecified atom stereocenters. The topological polar surface area (TPSA) is 23.6 Å². The number of piperidine rings is 1. The van der Waals surface area contributed by atoms with Crippen molar-refractivity contribution in [2.75, 3.05) is 20.1 Å². The summed E-state index contributed by atoms with van der Waals surface area (Å²) in [5, 5.41) is 0.624. The number of halogens is 2. The first kappa shape index (κ1) is 16.8. The first-order chi connectivity index (χ1) is 9.90. The van der Waals surface area contributed by atoms with Crippen LogP contribution in [0.1, 0.15) is 37.0 Å². The number of carbonyl (C=O) groups excluding carboxylic acids is 1. The van der Waals surface area contributed by atoms with Crippen molar-refractivity contribution in [2.24, 2.45) is 0 Å². The Labute approximate surface area is 140 Å².